The van der Waals surface area contributed by atoms with Crippen LogP contribution in [-0.2, 0) is 27.3 Å². The van der Waals surface area contributed by atoms with Crippen molar-refractivity contribution in [2.24, 2.45) is 17.8 Å². The van der Waals surface area contributed by atoms with Crippen LogP contribution >= 0.6 is 0 Å². The molecule has 2 aliphatic rings. The lowest BCUT2D eigenvalue weighted by Gasteiger charge is -2.34. The van der Waals surface area contributed by atoms with Crippen molar-refractivity contribution in [3.63, 3.8) is 0 Å². The molecule has 2 heterocycles. The van der Waals surface area contributed by atoms with Crippen LogP contribution in [0.25, 0.3) is 0 Å². The minimum atomic E-state index is -0.376. The van der Waals surface area contributed by atoms with E-state index in [2.05, 4.69) is 35.4 Å². The first-order chi connectivity index (χ1) is 15.0. The normalized spacial score (nSPS) is 21.7. The molecule has 3 atom stereocenters. The topological polar surface area (TPSA) is 103 Å². The number of nitrogens with zero attached hydrogens (tertiary/aromatic N) is 1. The van der Waals surface area contributed by atoms with Crippen molar-refractivity contribution in [1.82, 2.24) is 21.0 Å². The van der Waals surface area contributed by atoms with Gasteiger partial charge in [0.05, 0.1) is 25.2 Å². The van der Waals surface area contributed by atoms with Crippen LogP contribution in [0.15, 0.2) is 24.3 Å². The molecule has 31 heavy (non-hydrogen) atoms. The number of hydrogen-bond donors (Lipinski definition) is 4. The van der Waals surface area contributed by atoms with Gasteiger partial charge in [-0.3, -0.25) is 19.7 Å². The minimum Gasteiger partial charge on any atom is -0.379 e. The molecule has 1 aromatic rings. The van der Waals surface area contributed by atoms with Crippen LogP contribution in [0.1, 0.15) is 31.4 Å². The Bertz CT molecular complexity index is 736. The zero-order chi connectivity index (χ0) is 22.2. The van der Waals surface area contributed by atoms with Gasteiger partial charge in [-0.15, -0.1) is 0 Å². The molecule has 0 unspecified atom stereocenters. The zero-order valence-electron chi connectivity index (χ0n) is 18.6. The van der Waals surface area contributed by atoms with Crippen LogP contribution in [0.2, 0.25) is 0 Å². The van der Waals surface area contributed by atoms with E-state index in [1.54, 1.807) is 0 Å². The molecule has 8 nitrogen and oxygen atoms in total. The molecular weight excluding hydrogens is 396 g/mol. The summed E-state index contributed by atoms with van der Waals surface area (Å²) >= 11 is 0. The number of carbonyl (C=O) groups is 2. The third-order valence-corrected chi connectivity index (χ3v) is 6.29. The standard InChI is InChI=1S/C23H36N4O4/c1-16(2)11-19(20(22(28)26-30)15-27-7-9-31-10-8-27)14-24-21-12-17-5-3-4-6-18(17)13-25-23(21)29/h3-6,16,19-21,24,30H,7-15H2,1-2H3,(H,25,29)(H,26,28)/t19-,20-,21-/m0/s1. The second-order valence-electron chi connectivity index (χ2n) is 9.04. The number of rotatable bonds is 9. The summed E-state index contributed by atoms with van der Waals surface area (Å²) in [6, 6.07) is 7.75. The highest BCUT2D eigenvalue weighted by Crippen LogP contribution is 2.23. The number of hydrogen-bond acceptors (Lipinski definition) is 6. The minimum absolute atomic E-state index is 0.0127. The summed E-state index contributed by atoms with van der Waals surface area (Å²) in [5.41, 5.74) is 4.18. The Morgan fingerprint density at radius 1 is 1.26 bits per heavy atom. The SMILES string of the molecule is CC(C)C[C@@H](CN[C@H]1Cc2ccccc2CNC1=O)[C@H](CN1CCOCC1)C(=O)NO. The van der Waals surface area contributed by atoms with E-state index in [0.29, 0.717) is 45.2 Å². The maximum atomic E-state index is 12.7. The van der Waals surface area contributed by atoms with E-state index in [1.807, 2.05) is 23.7 Å². The Labute approximate surface area is 184 Å². The van der Waals surface area contributed by atoms with Crippen molar-refractivity contribution in [3.8, 4) is 0 Å². The van der Waals surface area contributed by atoms with E-state index in [4.69, 9.17) is 4.74 Å². The Hall–Kier alpha value is -2.00. The average Bonchev–Trinajstić information content (AvgIpc) is 2.94. The molecule has 2 amide bonds. The molecule has 0 saturated carbocycles. The van der Waals surface area contributed by atoms with Gasteiger partial charge in [0, 0.05) is 26.2 Å². The van der Waals surface area contributed by atoms with Gasteiger partial charge in [0.1, 0.15) is 0 Å². The Balaban J connectivity index is 1.71. The summed E-state index contributed by atoms with van der Waals surface area (Å²) in [5.74, 6) is -0.389. The largest absolute Gasteiger partial charge is 0.379 e. The second-order valence-corrected chi connectivity index (χ2v) is 9.04. The summed E-state index contributed by atoms with van der Waals surface area (Å²) in [6.45, 7) is 8.75. The van der Waals surface area contributed by atoms with Gasteiger partial charge in [0.25, 0.3) is 0 Å². The summed E-state index contributed by atoms with van der Waals surface area (Å²) in [7, 11) is 0. The van der Waals surface area contributed by atoms with Gasteiger partial charge in [-0.05, 0) is 42.3 Å². The summed E-state index contributed by atoms with van der Waals surface area (Å²) in [5, 5.41) is 15.8. The molecule has 1 saturated heterocycles. The van der Waals surface area contributed by atoms with Gasteiger partial charge in [-0.2, -0.15) is 0 Å². The van der Waals surface area contributed by atoms with Crippen molar-refractivity contribution >= 4 is 11.8 Å². The van der Waals surface area contributed by atoms with E-state index in [9.17, 15) is 14.8 Å². The van der Waals surface area contributed by atoms with Crippen molar-refractivity contribution in [1.29, 1.82) is 0 Å². The average molecular weight is 433 g/mol. The second kappa shape index (κ2) is 11.6. The Kier molecular flexibility index (Phi) is 8.83. The number of fused-ring (bicyclic) bond motifs is 1. The fourth-order valence-corrected chi connectivity index (χ4v) is 4.59. The van der Waals surface area contributed by atoms with Crippen molar-refractivity contribution in [2.75, 3.05) is 39.4 Å². The van der Waals surface area contributed by atoms with E-state index in [1.165, 1.54) is 0 Å². The molecule has 0 aromatic heterocycles. The summed E-state index contributed by atoms with van der Waals surface area (Å²) in [4.78, 5) is 27.5. The van der Waals surface area contributed by atoms with Crippen molar-refractivity contribution in [2.45, 2.75) is 39.3 Å². The van der Waals surface area contributed by atoms with Crippen LogP contribution < -0.4 is 16.1 Å². The smallest absolute Gasteiger partial charge is 0.248 e. The van der Waals surface area contributed by atoms with Crippen LogP contribution in [0.4, 0.5) is 0 Å². The molecule has 2 aliphatic heterocycles. The molecule has 0 aliphatic carbocycles. The Morgan fingerprint density at radius 3 is 2.65 bits per heavy atom. The van der Waals surface area contributed by atoms with Crippen molar-refractivity contribution in [3.05, 3.63) is 35.4 Å². The van der Waals surface area contributed by atoms with Crippen LogP contribution in [-0.4, -0.2) is 67.4 Å². The first-order valence-electron chi connectivity index (χ1n) is 11.3. The molecule has 0 spiro atoms. The van der Waals surface area contributed by atoms with E-state index in [-0.39, 0.29) is 29.7 Å². The summed E-state index contributed by atoms with van der Waals surface area (Å²) in [6.07, 6.45) is 1.44. The number of benzene rings is 1. The maximum absolute atomic E-state index is 12.7. The number of amides is 2. The third kappa shape index (κ3) is 6.74. The number of nitrogens with one attached hydrogen (secondary N) is 3. The zero-order valence-corrected chi connectivity index (χ0v) is 18.6. The van der Waals surface area contributed by atoms with Gasteiger partial charge in [0.2, 0.25) is 11.8 Å². The Morgan fingerprint density at radius 2 is 1.97 bits per heavy atom. The predicted octanol–water partition coefficient (Wildman–Crippen LogP) is 0.933. The first kappa shape index (κ1) is 23.7. The molecule has 0 bridgehead atoms. The van der Waals surface area contributed by atoms with Crippen LogP contribution in [0, 0.1) is 17.8 Å². The first-order valence-corrected chi connectivity index (χ1v) is 11.3. The predicted molar refractivity (Wildman–Crippen MR) is 117 cm³/mol. The van der Waals surface area contributed by atoms with E-state index >= 15 is 0 Å². The maximum Gasteiger partial charge on any atom is 0.248 e. The van der Waals surface area contributed by atoms with E-state index in [0.717, 1.165) is 30.6 Å². The highest BCUT2D eigenvalue weighted by Gasteiger charge is 2.33. The van der Waals surface area contributed by atoms with Gasteiger partial charge < -0.3 is 15.4 Å². The van der Waals surface area contributed by atoms with Gasteiger partial charge in [0.15, 0.2) is 0 Å². The quantitative estimate of drug-likeness (QED) is 0.342. The fraction of sp³-hybridized carbons (Fsp3) is 0.652. The van der Waals surface area contributed by atoms with E-state index < -0.39 is 0 Å². The molecule has 0 radical (unpaired) electrons. The molecule has 8 heteroatoms. The lowest BCUT2D eigenvalue weighted by atomic mass is 9.83. The van der Waals surface area contributed by atoms with Gasteiger partial charge >= 0.3 is 0 Å². The van der Waals surface area contributed by atoms with Crippen molar-refractivity contribution < 1.29 is 19.5 Å². The number of morpholine rings is 1. The summed E-state index contributed by atoms with van der Waals surface area (Å²) < 4.78 is 5.42. The fourth-order valence-electron chi connectivity index (χ4n) is 4.59. The highest BCUT2D eigenvalue weighted by atomic mass is 16.5. The lowest BCUT2D eigenvalue weighted by molar-refractivity contribution is -0.136. The highest BCUT2D eigenvalue weighted by molar-refractivity contribution is 5.83. The van der Waals surface area contributed by atoms with Crippen LogP contribution in [0.5, 0.6) is 0 Å². The molecule has 172 valence electrons. The number of hydroxylamine groups is 1. The molecular formula is C23H36N4O4. The molecule has 1 aromatic carbocycles. The van der Waals surface area contributed by atoms with Crippen LogP contribution in [0.3, 0.4) is 0 Å². The third-order valence-electron chi connectivity index (χ3n) is 6.29. The van der Waals surface area contributed by atoms with Gasteiger partial charge in [-0.1, -0.05) is 38.1 Å². The number of carbonyl (C=O) groups excluding carboxylic acids is 2. The monoisotopic (exact) mass is 432 g/mol. The number of ether oxygens (including phenoxy) is 1. The van der Waals surface area contributed by atoms with Gasteiger partial charge in [-0.25, -0.2) is 5.48 Å². The molecule has 3 rings (SSSR count). The lowest BCUT2D eigenvalue weighted by Crippen LogP contribution is -2.50. The molecule has 4 N–H and O–H groups in total. The molecule has 1 fully saturated rings.